The van der Waals surface area contributed by atoms with E-state index in [2.05, 4.69) is 32.6 Å². The summed E-state index contributed by atoms with van der Waals surface area (Å²) in [6, 6.07) is 8.94. The highest BCUT2D eigenvalue weighted by Crippen LogP contribution is 2.59. The maximum absolute atomic E-state index is 15.5. The van der Waals surface area contributed by atoms with Crippen molar-refractivity contribution in [1.82, 2.24) is 29.0 Å². The molecule has 0 radical (unpaired) electrons. The van der Waals surface area contributed by atoms with Crippen LogP contribution < -0.4 is 4.90 Å². The van der Waals surface area contributed by atoms with Crippen LogP contribution in [0.25, 0.3) is 27.9 Å². The normalized spacial score (nSPS) is 27.4. The van der Waals surface area contributed by atoms with E-state index in [0.717, 1.165) is 60.0 Å². The topological polar surface area (TPSA) is 61.7 Å². The van der Waals surface area contributed by atoms with Gasteiger partial charge in [-0.15, -0.1) is 0 Å². The molecule has 194 valence electrons. The summed E-state index contributed by atoms with van der Waals surface area (Å²) in [5.74, 6) is 1.18. The van der Waals surface area contributed by atoms with Gasteiger partial charge in [-0.3, -0.25) is 9.69 Å². The molecule has 4 aromatic heterocycles. The summed E-state index contributed by atoms with van der Waals surface area (Å²) in [7, 11) is 0. The molecule has 8 nitrogen and oxygen atoms in total. The van der Waals surface area contributed by atoms with Gasteiger partial charge in [0.15, 0.2) is 0 Å². The minimum atomic E-state index is -0.401. The van der Waals surface area contributed by atoms with Crippen LogP contribution in [-0.4, -0.2) is 72.8 Å². The number of carbonyl (C=O) groups excluding carboxylic acids is 1. The van der Waals surface area contributed by atoms with Gasteiger partial charge in [-0.05, 0) is 69.2 Å². The zero-order chi connectivity index (χ0) is 25.3. The number of carbonyl (C=O) groups is 1. The van der Waals surface area contributed by atoms with Crippen LogP contribution in [0.4, 0.5) is 10.2 Å². The predicted octanol–water partition coefficient (Wildman–Crippen LogP) is 4.05. The Morgan fingerprint density at radius 3 is 2.68 bits per heavy atom. The molecule has 5 saturated heterocycles. The first-order valence-electron chi connectivity index (χ1n) is 14.1. The molecule has 4 atom stereocenters. The Morgan fingerprint density at radius 2 is 1.95 bits per heavy atom. The van der Waals surface area contributed by atoms with E-state index in [-0.39, 0.29) is 12.1 Å². The highest BCUT2D eigenvalue weighted by Gasteiger charge is 2.80. The zero-order valence-corrected chi connectivity index (χ0v) is 21.5. The summed E-state index contributed by atoms with van der Waals surface area (Å²) in [4.78, 5) is 24.9. The Kier molecular flexibility index (Phi) is 4.15. The first-order valence-corrected chi connectivity index (χ1v) is 14.1. The first kappa shape index (κ1) is 21.5. The molecule has 0 spiro atoms. The molecule has 1 saturated carbocycles. The van der Waals surface area contributed by atoms with Gasteiger partial charge in [-0.25, -0.2) is 13.9 Å². The number of halogens is 1. The van der Waals surface area contributed by atoms with Gasteiger partial charge in [0.1, 0.15) is 34.7 Å². The molecule has 1 aliphatic carbocycles. The number of aromatic nitrogens is 4. The molecule has 1 amide bonds. The van der Waals surface area contributed by atoms with Crippen LogP contribution in [0.3, 0.4) is 0 Å². The number of piperazine rings is 1. The first-order chi connectivity index (χ1) is 18.6. The molecule has 9 heteroatoms. The van der Waals surface area contributed by atoms with Crippen LogP contribution in [0.5, 0.6) is 0 Å². The lowest BCUT2D eigenvalue weighted by Crippen LogP contribution is -2.30. The number of aryl methyl sites for hydroxylation is 1. The van der Waals surface area contributed by atoms with E-state index in [9.17, 15) is 4.79 Å². The van der Waals surface area contributed by atoms with Crippen molar-refractivity contribution in [3.63, 3.8) is 0 Å². The maximum Gasteiger partial charge on any atom is 0.256 e. The molecule has 38 heavy (non-hydrogen) atoms. The number of anilines is 1. The fraction of sp³-hybridized carbons (Fsp3) is 0.483. The van der Waals surface area contributed by atoms with E-state index in [1.54, 1.807) is 10.7 Å². The SMILES string of the molecule is Cc1c(-c2cc3ccc(N4CCCCC4)nc3n2CC2CC2)nn2cc(C(=O)N3CC4[C@@H]5C3N45)cc(F)c12. The third kappa shape index (κ3) is 2.96. The molecule has 5 aliphatic heterocycles. The molecule has 3 unspecified atom stereocenters. The number of nitrogens with zero attached hydrogens (tertiary/aromatic N) is 7. The number of fused-ring (bicyclic) bond motifs is 3. The van der Waals surface area contributed by atoms with Crippen molar-refractivity contribution in [3.05, 3.63) is 47.4 Å². The number of hydrogen-bond acceptors (Lipinski definition) is 5. The van der Waals surface area contributed by atoms with E-state index >= 15 is 4.39 Å². The fourth-order valence-electron chi connectivity index (χ4n) is 7.08. The minimum Gasteiger partial charge on any atom is -0.357 e. The molecule has 10 rings (SSSR count). The fourth-order valence-corrected chi connectivity index (χ4v) is 7.08. The van der Waals surface area contributed by atoms with E-state index in [4.69, 9.17) is 10.1 Å². The Bertz CT molecular complexity index is 1650. The number of hydrogen-bond donors (Lipinski definition) is 0. The third-order valence-corrected chi connectivity index (χ3v) is 9.47. The van der Waals surface area contributed by atoms with Crippen LogP contribution in [0.2, 0.25) is 0 Å². The van der Waals surface area contributed by atoms with Gasteiger partial charge in [-0.1, -0.05) is 0 Å². The van der Waals surface area contributed by atoms with E-state index in [1.807, 2.05) is 11.8 Å². The van der Waals surface area contributed by atoms with Gasteiger partial charge >= 0.3 is 0 Å². The lowest BCUT2D eigenvalue weighted by Gasteiger charge is -2.27. The second-order valence-electron chi connectivity index (χ2n) is 11.9. The van der Waals surface area contributed by atoms with Crippen molar-refractivity contribution in [2.75, 3.05) is 24.5 Å². The predicted molar refractivity (Wildman–Crippen MR) is 142 cm³/mol. The largest absolute Gasteiger partial charge is 0.357 e. The Morgan fingerprint density at radius 1 is 1.13 bits per heavy atom. The second kappa shape index (κ2) is 7.34. The highest BCUT2D eigenvalue weighted by atomic mass is 19.1. The standard InChI is InChI=1S/C29H30FN7O/c1-16-24(32-36-14-19(11-20(30)25(16)36)29(38)35-15-22-26-28(35)37(22)26)21-12-18-7-8-23(33-9-3-2-4-10-33)31-27(18)34(21)13-17-5-6-17/h7-8,11-12,14,17,22,26,28H,2-6,9-10,13,15H2,1H3/t22?,26-,28?,37?/m1/s1. The summed E-state index contributed by atoms with van der Waals surface area (Å²) >= 11 is 0. The summed E-state index contributed by atoms with van der Waals surface area (Å²) < 4.78 is 19.4. The molecule has 6 fully saturated rings. The van der Waals surface area contributed by atoms with Crippen LogP contribution in [0, 0.1) is 18.7 Å². The van der Waals surface area contributed by atoms with E-state index in [1.165, 1.54) is 38.2 Å². The maximum atomic E-state index is 15.5. The molecule has 4 aromatic rings. The summed E-state index contributed by atoms with van der Waals surface area (Å²) in [6.07, 6.45) is 8.11. The molecule has 0 aromatic carbocycles. The number of rotatable bonds is 5. The molecule has 9 heterocycles. The van der Waals surface area contributed by atoms with Crippen molar-refractivity contribution >= 4 is 28.3 Å². The Labute approximate surface area is 219 Å². The summed E-state index contributed by atoms with van der Waals surface area (Å²) in [5.41, 5.74) is 4.29. The van der Waals surface area contributed by atoms with Gasteiger partial charge < -0.3 is 14.4 Å². The van der Waals surface area contributed by atoms with Crippen LogP contribution in [-0.2, 0) is 6.54 Å². The Hall–Kier alpha value is -3.46. The number of piperidine rings is 1. The van der Waals surface area contributed by atoms with Gasteiger partial charge in [0.05, 0.1) is 17.3 Å². The lowest BCUT2D eigenvalue weighted by molar-refractivity contribution is 0.0775. The van der Waals surface area contributed by atoms with Crippen molar-refractivity contribution in [1.29, 1.82) is 0 Å². The number of pyridine rings is 2. The summed E-state index contributed by atoms with van der Waals surface area (Å²) in [5, 5.41) is 5.96. The van der Waals surface area contributed by atoms with Crippen LogP contribution in [0.15, 0.2) is 30.5 Å². The van der Waals surface area contributed by atoms with E-state index < -0.39 is 5.82 Å². The second-order valence-corrected chi connectivity index (χ2v) is 11.9. The monoisotopic (exact) mass is 511 g/mol. The van der Waals surface area contributed by atoms with Crippen molar-refractivity contribution in [2.45, 2.75) is 63.8 Å². The van der Waals surface area contributed by atoms with Crippen LogP contribution in [0.1, 0.15) is 48.0 Å². The Balaban J connectivity index is 1.15. The van der Waals surface area contributed by atoms with Gasteiger partial charge in [-0.2, -0.15) is 5.10 Å². The molecular weight excluding hydrogens is 481 g/mol. The highest BCUT2D eigenvalue weighted by molar-refractivity contribution is 5.96. The van der Waals surface area contributed by atoms with Gasteiger partial charge in [0, 0.05) is 49.4 Å². The molecular formula is C29H30FN7O. The van der Waals surface area contributed by atoms with Gasteiger partial charge in [0.2, 0.25) is 0 Å². The van der Waals surface area contributed by atoms with Crippen molar-refractivity contribution in [3.8, 4) is 11.4 Å². The van der Waals surface area contributed by atoms with Crippen molar-refractivity contribution < 1.29 is 9.18 Å². The minimum absolute atomic E-state index is 0.102. The quantitative estimate of drug-likeness (QED) is 0.379. The third-order valence-electron chi connectivity index (χ3n) is 9.47. The molecule has 2 bridgehead atoms. The molecule has 0 N–H and O–H groups in total. The average molecular weight is 512 g/mol. The van der Waals surface area contributed by atoms with Crippen molar-refractivity contribution in [2.24, 2.45) is 5.92 Å². The zero-order valence-electron chi connectivity index (χ0n) is 21.5. The smallest absolute Gasteiger partial charge is 0.256 e. The van der Waals surface area contributed by atoms with Gasteiger partial charge in [0.25, 0.3) is 5.91 Å². The summed E-state index contributed by atoms with van der Waals surface area (Å²) in [6.45, 7) is 5.69. The van der Waals surface area contributed by atoms with Crippen LogP contribution >= 0.6 is 0 Å². The molecule has 6 aliphatic rings. The average Bonchev–Trinajstić information content (AvgIpc) is 3.87. The van der Waals surface area contributed by atoms with E-state index in [0.29, 0.717) is 29.1 Å². The lowest BCUT2D eigenvalue weighted by atomic mass is 10.1. The number of amides is 1.